The number of fused-ring (bicyclic) bond motifs is 1. The second kappa shape index (κ2) is 4.60. The molecule has 0 aliphatic carbocycles. The number of rotatable bonds is 2. The topological polar surface area (TPSA) is 72.5 Å². The molecule has 1 amide bonds. The van der Waals surface area contributed by atoms with Gasteiger partial charge in [-0.2, -0.15) is 0 Å². The predicted molar refractivity (Wildman–Crippen MR) is 64.3 cm³/mol. The molecule has 1 aromatic rings. The minimum absolute atomic E-state index is 0.135. The number of nitrogens with one attached hydrogen (secondary N) is 1. The van der Waals surface area contributed by atoms with Crippen LogP contribution in [0.5, 0.6) is 0 Å². The van der Waals surface area contributed by atoms with Crippen LogP contribution in [0.25, 0.3) is 0 Å². The normalized spacial score (nSPS) is 18.0. The monoisotopic (exact) mass is 247 g/mol. The van der Waals surface area contributed by atoms with Gasteiger partial charge in [0.1, 0.15) is 0 Å². The first-order valence-electron chi connectivity index (χ1n) is 5.67. The number of carbonyl (C=O) groups excluding carboxylic acids is 3. The predicted octanol–water partition coefficient (Wildman–Crippen LogP) is 1.31. The van der Waals surface area contributed by atoms with Crippen molar-refractivity contribution in [2.75, 3.05) is 11.9 Å². The van der Waals surface area contributed by atoms with E-state index in [9.17, 15) is 14.4 Å². The molecule has 0 saturated heterocycles. The van der Waals surface area contributed by atoms with Gasteiger partial charge in [-0.15, -0.1) is 0 Å². The van der Waals surface area contributed by atoms with Crippen LogP contribution in [0.1, 0.15) is 22.8 Å². The third-order valence-corrected chi connectivity index (χ3v) is 2.75. The van der Waals surface area contributed by atoms with Crippen LogP contribution in [0.15, 0.2) is 18.2 Å². The highest BCUT2D eigenvalue weighted by atomic mass is 16.5. The van der Waals surface area contributed by atoms with Crippen LogP contribution in [-0.4, -0.2) is 24.3 Å². The van der Waals surface area contributed by atoms with Gasteiger partial charge in [0.2, 0.25) is 5.91 Å². The van der Waals surface area contributed by atoms with Gasteiger partial charge in [-0.1, -0.05) is 11.6 Å². The van der Waals surface area contributed by atoms with E-state index in [-0.39, 0.29) is 6.61 Å². The van der Waals surface area contributed by atoms with Gasteiger partial charge < -0.3 is 10.1 Å². The van der Waals surface area contributed by atoms with Gasteiger partial charge in [0.15, 0.2) is 11.7 Å². The number of benzene rings is 1. The first kappa shape index (κ1) is 12.3. The Kier molecular flexibility index (Phi) is 3.14. The highest BCUT2D eigenvalue weighted by Crippen LogP contribution is 2.27. The first-order chi connectivity index (χ1) is 8.54. The number of carbonyl (C=O) groups is 3. The van der Waals surface area contributed by atoms with Gasteiger partial charge in [-0.3, -0.25) is 14.4 Å². The van der Waals surface area contributed by atoms with Crippen LogP contribution in [-0.2, 0) is 14.3 Å². The summed E-state index contributed by atoms with van der Waals surface area (Å²) in [6.45, 7) is 3.60. The Morgan fingerprint density at radius 3 is 2.78 bits per heavy atom. The number of aryl methyl sites for hydroxylation is 1. The number of hydrogen-bond donors (Lipinski definition) is 1. The smallest absolute Gasteiger partial charge is 0.326 e. The highest BCUT2D eigenvalue weighted by molar-refractivity contribution is 6.29. The molecule has 0 fully saturated rings. The lowest BCUT2D eigenvalue weighted by molar-refractivity contribution is -0.148. The Balaban J connectivity index is 2.40. The molecule has 0 aromatic heterocycles. The maximum atomic E-state index is 12.1. The van der Waals surface area contributed by atoms with Crippen molar-refractivity contribution < 1.29 is 19.1 Å². The van der Waals surface area contributed by atoms with E-state index in [0.717, 1.165) is 5.56 Å². The lowest BCUT2D eigenvalue weighted by atomic mass is 9.91. The van der Waals surface area contributed by atoms with Crippen LogP contribution in [0.3, 0.4) is 0 Å². The van der Waals surface area contributed by atoms with Gasteiger partial charge in [-0.25, -0.2) is 0 Å². The molecule has 1 unspecified atom stereocenters. The van der Waals surface area contributed by atoms with Gasteiger partial charge in [0, 0.05) is 5.56 Å². The fourth-order valence-electron chi connectivity index (χ4n) is 1.89. The largest absolute Gasteiger partial charge is 0.465 e. The van der Waals surface area contributed by atoms with Gasteiger partial charge in [0.25, 0.3) is 0 Å². The summed E-state index contributed by atoms with van der Waals surface area (Å²) in [6.07, 6.45) is 0. The first-order valence-corrected chi connectivity index (χ1v) is 5.67. The van der Waals surface area contributed by atoms with E-state index in [1.807, 2.05) is 6.92 Å². The Labute approximate surface area is 104 Å². The molecular formula is C13H13NO4. The van der Waals surface area contributed by atoms with Crippen molar-refractivity contribution in [3.63, 3.8) is 0 Å². The van der Waals surface area contributed by atoms with Crippen molar-refractivity contribution >= 4 is 23.3 Å². The van der Waals surface area contributed by atoms with Crippen LogP contribution in [0, 0.1) is 12.8 Å². The fourth-order valence-corrected chi connectivity index (χ4v) is 1.89. The third-order valence-electron chi connectivity index (χ3n) is 2.75. The van der Waals surface area contributed by atoms with Crippen LogP contribution in [0.4, 0.5) is 5.69 Å². The van der Waals surface area contributed by atoms with Crippen molar-refractivity contribution in [1.29, 1.82) is 0 Å². The second-order valence-corrected chi connectivity index (χ2v) is 4.09. The Morgan fingerprint density at radius 2 is 2.11 bits per heavy atom. The average molecular weight is 247 g/mol. The van der Waals surface area contributed by atoms with Gasteiger partial charge in [0.05, 0.1) is 12.3 Å². The number of ketones is 1. The summed E-state index contributed by atoms with van der Waals surface area (Å²) in [5.74, 6) is -3.32. The molecule has 2 rings (SSSR count). The molecule has 1 heterocycles. The standard InChI is InChI=1S/C13H13NO4/c1-3-18-13(17)10-11(15)8-6-7(2)4-5-9(8)14-12(10)16/h4-6,10H,3H2,1-2H3,(H,14,16). The summed E-state index contributed by atoms with van der Waals surface area (Å²) in [5, 5.41) is 2.55. The van der Waals surface area contributed by atoms with E-state index < -0.39 is 23.6 Å². The number of Topliss-reactive ketones (excluding diaryl/α,β-unsaturated/α-hetero) is 1. The summed E-state index contributed by atoms with van der Waals surface area (Å²) >= 11 is 0. The molecule has 1 aromatic carbocycles. The van der Waals surface area contributed by atoms with Crippen molar-refractivity contribution in [1.82, 2.24) is 0 Å². The van der Waals surface area contributed by atoms with E-state index in [4.69, 9.17) is 4.74 Å². The van der Waals surface area contributed by atoms with Gasteiger partial charge >= 0.3 is 5.97 Å². The number of hydrogen-bond acceptors (Lipinski definition) is 4. The number of ether oxygens (including phenoxy) is 1. The fraction of sp³-hybridized carbons (Fsp3) is 0.308. The van der Waals surface area contributed by atoms with E-state index >= 15 is 0 Å². The van der Waals surface area contributed by atoms with Crippen molar-refractivity contribution in [3.05, 3.63) is 29.3 Å². The maximum Gasteiger partial charge on any atom is 0.326 e. The van der Waals surface area contributed by atoms with Crippen molar-refractivity contribution in [2.45, 2.75) is 13.8 Å². The molecule has 0 saturated carbocycles. The molecule has 5 nitrogen and oxygen atoms in total. The molecule has 94 valence electrons. The molecule has 1 atom stereocenters. The van der Waals surface area contributed by atoms with Crippen LogP contribution in [0.2, 0.25) is 0 Å². The average Bonchev–Trinajstić information content (AvgIpc) is 2.31. The van der Waals surface area contributed by atoms with E-state index in [2.05, 4.69) is 5.32 Å². The number of amides is 1. The molecule has 0 spiro atoms. The van der Waals surface area contributed by atoms with Crippen LogP contribution < -0.4 is 5.32 Å². The molecule has 5 heteroatoms. The molecule has 1 aliphatic rings. The Bertz CT molecular complexity index is 536. The quantitative estimate of drug-likeness (QED) is 0.631. The Morgan fingerprint density at radius 1 is 1.39 bits per heavy atom. The Hall–Kier alpha value is -2.17. The molecule has 1 aliphatic heterocycles. The second-order valence-electron chi connectivity index (χ2n) is 4.09. The summed E-state index contributed by atoms with van der Waals surface area (Å²) in [7, 11) is 0. The summed E-state index contributed by atoms with van der Waals surface area (Å²) in [6, 6.07) is 5.10. The zero-order valence-corrected chi connectivity index (χ0v) is 10.1. The zero-order valence-electron chi connectivity index (χ0n) is 10.1. The minimum Gasteiger partial charge on any atom is -0.465 e. The van der Waals surface area contributed by atoms with Crippen molar-refractivity contribution in [2.24, 2.45) is 5.92 Å². The number of anilines is 1. The zero-order chi connectivity index (χ0) is 13.3. The summed E-state index contributed by atoms with van der Waals surface area (Å²) in [4.78, 5) is 35.5. The summed E-state index contributed by atoms with van der Waals surface area (Å²) in [5.41, 5.74) is 1.68. The molecule has 0 bridgehead atoms. The highest BCUT2D eigenvalue weighted by Gasteiger charge is 2.40. The third kappa shape index (κ3) is 1.99. The minimum atomic E-state index is -1.39. The lowest BCUT2D eigenvalue weighted by Gasteiger charge is -2.22. The molecular weight excluding hydrogens is 234 g/mol. The van der Waals surface area contributed by atoms with E-state index in [0.29, 0.717) is 11.3 Å². The number of esters is 1. The lowest BCUT2D eigenvalue weighted by Crippen LogP contribution is -2.41. The van der Waals surface area contributed by atoms with Crippen molar-refractivity contribution in [3.8, 4) is 0 Å². The maximum absolute atomic E-state index is 12.1. The molecule has 18 heavy (non-hydrogen) atoms. The SMILES string of the molecule is CCOC(=O)C1C(=O)Nc2ccc(C)cc2C1=O. The van der Waals surface area contributed by atoms with E-state index in [1.165, 1.54) is 0 Å². The van der Waals surface area contributed by atoms with E-state index in [1.54, 1.807) is 25.1 Å². The van der Waals surface area contributed by atoms with Crippen LogP contribution >= 0.6 is 0 Å². The van der Waals surface area contributed by atoms with Gasteiger partial charge in [-0.05, 0) is 26.0 Å². The summed E-state index contributed by atoms with van der Waals surface area (Å²) < 4.78 is 4.75. The molecule has 0 radical (unpaired) electrons. The molecule has 1 N–H and O–H groups in total.